The van der Waals surface area contributed by atoms with Crippen LogP contribution in [0.5, 0.6) is 0 Å². The summed E-state index contributed by atoms with van der Waals surface area (Å²) in [7, 11) is 0. The Labute approximate surface area is 99.6 Å². The number of aliphatic hydroxyl groups is 1. The molecule has 92 valence electrons. The van der Waals surface area contributed by atoms with E-state index in [-0.39, 0.29) is 0 Å². The molecule has 0 saturated heterocycles. The molecular formula is C15H26O. The van der Waals surface area contributed by atoms with E-state index in [0.717, 1.165) is 6.42 Å². The van der Waals surface area contributed by atoms with E-state index in [1.165, 1.54) is 38.5 Å². The summed E-state index contributed by atoms with van der Waals surface area (Å²) < 4.78 is 0. The molecule has 4 saturated carbocycles. The average Bonchev–Trinajstić information content (AvgIpc) is 1.91. The SMILES string of the molecule is CC12CC3(C)CC(C)(C1)CC(CCO)(C2)C3. The van der Waals surface area contributed by atoms with E-state index < -0.39 is 0 Å². The summed E-state index contributed by atoms with van der Waals surface area (Å²) in [5.74, 6) is 0. The van der Waals surface area contributed by atoms with Gasteiger partial charge in [-0.25, -0.2) is 0 Å². The normalized spacial score (nSPS) is 59.2. The molecular weight excluding hydrogens is 196 g/mol. The van der Waals surface area contributed by atoms with Gasteiger partial charge in [-0.05, 0) is 66.6 Å². The van der Waals surface area contributed by atoms with Crippen LogP contribution in [-0.4, -0.2) is 11.7 Å². The minimum atomic E-state index is 0.391. The van der Waals surface area contributed by atoms with E-state index in [1.54, 1.807) is 0 Å². The van der Waals surface area contributed by atoms with Crippen LogP contribution in [0, 0.1) is 21.7 Å². The highest BCUT2D eigenvalue weighted by molar-refractivity contribution is 5.13. The van der Waals surface area contributed by atoms with Crippen molar-refractivity contribution in [2.75, 3.05) is 6.61 Å². The van der Waals surface area contributed by atoms with Crippen LogP contribution in [0.4, 0.5) is 0 Å². The lowest BCUT2D eigenvalue weighted by atomic mass is 9.36. The van der Waals surface area contributed by atoms with E-state index >= 15 is 0 Å². The first kappa shape index (κ1) is 11.1. The monoisotopic (exact) mass is 222 g/mol. The highest BCUT2D eigenvalue weighted by atomic mass is 16.3. The standard InChI is InChI=1S/C15H26O/c1-12-6-13(2)8-14(3,7-12)11-15(9-12,10-13)4-5-16/h16H,4-11H2,1-3H3. The van der Waals surface area contributed by atoms with Gasteiger partial charge in [0.2, 0.25) is 0 Å². The molecule has 0 unspecified atom stereocenters. The van der Waals surface area contributed by atoms with E-state index in [2.05, 4.69) is 20.8 Å². The van der Waals surface area contributed by atoms with Crippen molar-refractivity contribution in [3.8, 4) is 0 Å². The lowest BCUT2D eigenvalue weighted by Gasteiger charge is -2.69. The second-order valence-electron chi connectivity index (χ2n) is 8.47. The molecule has 16 heavy (non-hydrogen) atoms. The highest BCUT2D eigenvalue weighted by Crippen LogP contribution is 2.74. The minimum Gasteiger partial charge on any atom is -0.396 e. The lowest BCUT2D eigenvalue weighted by Crippen LogP contribution is -2.58. The van der Waals surface area contributed by atoms with Gasteiger partial charge in [0.1, 0.15) is 0 Å². The topological polar surface area (TPSA) is 20.2 Å². The lowest BCUT2D eigenvalue weighted by molar-refractivity contribution is -0.187. The molecule has 0 aromatic heterocycles. The summed E-state index contributed by atoms with van der Waals surface area (Å²) >= 11 is 0. The zero-order chi connectivity index (χ0) is 11.7. The summed E-state index contributed by atoms with van der Waals surface area (Å²) in [6, 6.07) is 0. The van der Waals surface area contributed by atoms with Crippen molar-refractivity contribution in [3.05, 3.63) is 0 Å². The van der Waals surface area contributed by atoms with Gasteiger partial charge in [-0.1, -0.05) is 20.8 Å². The molecule has 4 aliphatic carbocycles. The molecule has 4 bridgehead atoms. The van der Waals surface area contributed by atoms with Crippen LogP contribution < -0.4 is 0 Å². The first-order valence-corrected chi connectivity index (χ1v) is 6.91. The van der Waals surface area contributed by atoms with E-state index in [4.69, 9.17) is 0 Å². The fourth-order valence-electron chi connectivity index (χ4n) is 7.06. The minimum absolute atomic E-state index is 0.391. The highest BCUT2D eigenvalue weighted by Gasteiger charge is 2.63. The van der Waals surface area contributed by atoms with Crippen molar-refractivity contribution in [2.45, 2.75) is 65.7 Å². The summed E-state index contributed by atoms with van der Waals surface area (Å²) in [6.45, 7) is 7.91. The van der Waals surface area contributed by atoms with Gasteiger partial charge in [0, 0.05) is 6.61 Å². The second-order valence-corrected chi connectivity index (χ2v) is 8.47. The van der Waals surface area contributed by atoms with Gasteiger partial charge >= 0.3 is 0 Å². The number of aliphatic hydroxyl groups excluding tert-OH is 1. The van der Waals surface area contributed by atoms with Crippen molar-refractivity contribution >= 4 is 0 Å². The Morgan fingerprint density at radius 3 is 1.44 bits per heavy atom. The Kier molecular flexibility index (Phi) is 1.98. The van der Waals surface area contributed by atoms with Crippen LogP contribution in [0.25, 0.3) is 0 Å². The van der Waals surface area contributed by atoms with Crippen molar-refractivity contribution < 1.29 is 5.11 Å². The number of hydrogen-bond donors (Lipinski definition) is 1. The molecule has 4 fully saturated rings. The first-order chi connectivity index (χ1) is 7.30. The van der Waals surface area contributed by atoms with Crippen LogP contribution in [0.2, 0.25) is 0 Å². The molecule has 1 N–H and O–H groups in total. The van der Waals surface area contributed by atoms with E-state index in [1.807, 2.05) is 0 Å². The Morgan fingerprint density at radius 2 is 1.12 bits per heavy atom. The first-order valence-electron chi connectivity index (χ1n) is 6.91. The molecule has 0 atom stereocenters. The van der Waals surface area contributed by atoms with Crippen LogP contribution in [0.15, 0.2) is 0 Å². The van der Waals surface area contributed by atoms with Crippen molar-refractivity contribution in [1.29, 1.82) is 0 Å². The quantitative estimate of drug-likeness (QED) is 0.754. The maximum absolute atomic E-state index is 9.38. The van der Waals surface area contributed by atoms with E-state index in [9.17, 15) is 5.11 Å². The Morgan fingerprint density at radius 1 is 0.750 bits per heavy atom. The summed E-state index contributed by atoms with van der Waals surface area (Å²) in [5, 5.41) is 9.38. The number of hydrogen-bond acceptors (Lipinski definition) is 1. The molecule has 4 aliphatic rings. The second kappa shape index (κ2) is 2.85. The summed E-state index contributed by atoms with van der Waals surface area (Å²) in [4.78, 5) is 0. The van der Waals surface area contributed by atoms with Crippen LogP contribution >= 0.6 is 0 Å². The molecule has 4 rings (SSSR count). The van der Waals surface area contributed by atoms with Crippen LogP contribution in [0.3, 0.4) is 0 Å². The smallest absolute Gasteiger partial charge is 0.0436 e. The molecule has 0 amide bonds. The molecule has 0 aromatic rings. The van der Waals surface area contributed by atoms with Crippen molar-refractivity contribution in [3.63, 3.8) is 0 Å². The Hall–Kier alpha value is -0.0400. The largest absolute Gasteiger partial charge is 0.396 e. The van der Waals surface area contributed by atoms with Gasteiger partial charge in [-0.3, -0.25) is 0 Å². The maximum atomic E-state index is 9.38. The van der Waals surface area contributed by atoms with Crippen molar-refractivity contribution in [2.24, 2.45) is 21.7 Å². The predicted octanol–water partition coefficient (Wildman–Crippen LogP) is 3.76. The molecule has 0 heterocycles. The molecule has 0 aromatic carbocycles. The third-order valence-corrected chi connectivity index (χ3v) is 5.61. The van der Waals surface area contributed by atoms with Crippen LogP contribution in [0.1, 0.15) is 65.7 Å². The van der Waals surface area contributed by atoms with Gasteiger partial charge < -0.3 is 5.11 Å². The Bertz CT molecular complexity index is 266. The van der Waals surface area contributed by atoms with E-state index in [0.29, 0.717) is 28.3 Å². The summed E-state index contributed by atoms with van der Waals surface area (Å²) in [5.41, 5.74) is 2.22. The summed E-state index contributed by atoms with van der Waals surface area (Å²) in [6.07, 6.45) is 9.49. The maximum Gasteiger partial charge on any atom is 0.0436 e. The molecule has 0 aliphatic heterocycles. The predicted molar refractivity (Wildman–Crippen MR) is 66.2 cm³/mol. The molecule has 1 nitrogen and oxygen atoms in total. The van der Waals surface area contributed by atoms with Gasteiger partial charge in [0.15, 0.2) is 0 Å². The van der Waals surface area contributed by atoms with Crippen molar-refractivity contribution in [1.82, 2.24) is 0 Å². The molecule has 0 spiro atoms. The average molecular weight is 222 g/mol. The fourth-order valence-corrected chi connectivity index (χ4v) is 7.06. The van der Waals surface area contributed by atoms with Crippen LogP contribution in [-0.2, 0) is 0 Å². The molecule has 0 radical (unpaired) electrons. The van der Waals surface area contributed by atoms with Gasteiger partial charge in [-0.2, -0.15) is 0 Å². The zero-order valence-electron chi connectivity index (χ0n) is 11.1. The van der Waals surface area contributed by atoms with Gasteiger partial charge in [0.05, 0.1) is 0 Å². The third kappa shape index (κ3) is 1.47. The molecule has 1 heteroatoms. The van der Waals surface area contributed by atoms with Gasteiger partial charge in [-0.15, -0.1) is 0 Å². The third-order valence-electron chi connectivity index (χ3n) is 5.61. The number of rotatable bonds is 2. The zero-order valence-corrected chi connectivity index (χ0v) is 11.1. The fraction of sp³-hybridized carbons (Fsp3) is 1.00. The van der Waals surface area contributed by atoms with Gasteiger partial charge in [0.25, 0.3) is 0 Å². The Balaban J connectivity index is 2.00.